The number of H-pyrrole nitrogens is 1. The predicted molar refractivity (Wildman–Crippen MR) is 104 cm³/mol. The maximum atomic E-state index is 5.91. The van der Waals surface area contributed by atoms with Gasteiger partial charge in [0.1, 0.15) is 17.2 Å². The van der Waals surface area contributed by atoms with Crippen molar-refractivity contribution in [3.8, 4) is 28.5 Å². The molecule has 3 aromatic rings. The summed E-state index contributed by atoms with van der Waals surface area (Å²) in [5, 5.41) is 6.93. The summed E-state index contributed by atoms with van der Waals surface area (Å²) in [7, 11) is 0. The number of ether oxygens (including phenoxy) is 3. The number of nitrogens with zero attached hydrogens (tertiary/aromatic N) is 1. The molecule has 1 N–H and O–H groups in total. The van der Waals surface area contributed by atoms with E-state index < -0.39 is 0 Å². The van der Waals surface area contributed by atoms with Crippen LogP contribution in [0.15, 0.2) is 60.8 Å². The summed E-state index contributed by atoms with van der Waals surface area (Å²) in [6, 6.07) is 17.7. The van der Waals surface area contributed by atoms with Gasteiger partial charge in [0.15, 0.2) is 0 Å². The van der Waals surface area contributed by atoms with Crippen LogP contribution in [0.5, 0.6) is 17.2 Å². The lowest BCUT2D eigenvalue weighted by molar-refractivity contribution is 0.0593. The van der Waals surface area contributed by atoms with Crippen LogP contribution < -0.4 is 9.47 Å². The number of nitrogens with one attached hydrogen (secondary N) is 1. The first kappa shape index (κ1) is 17.6. The highest BCUT2D eigenvalue weighted by atomic mass is 16.5. The van der Waals surface area contributed by atoms with Crippen molar-refractivity contribution in [3.05, 3.63) is 60.8 Å². The van der Waals surface area contributed by atoms with Gasteiger partial charge in [-0.25, -0.2) is 0 Å². The van der Waals surface area contributed by atoms with E-state index in [9.17, 15) is 0 Å². The van der Waals surface area contributed by atoms with Crippen LogP contribution >= 0.6 is 0 Å². The maximum absolute atomic E-state index is 5.91. The summed E-state index contributed by atoms with van der Waals surface area (Å²) >= 11 is 0. The van der Waals surface area contributed by atoms with Crippen molar-refractivity contribution < 1.29 is 14.2 Å². The fourth-order valence-electron chi connectivity index (χ4n) is 3.24. The second kappa shape index (κ2) is 8.73. The summed E-state index contributed by atoms with van der Waals surface area (Å²) in [4.78, 5) is 0. The molecule has 5 heteroatoms. The smallest absolute Gasteiger partial charge is 0.127 e. The third kappa shape index (κ3) is 4.89. The third-order valence-corrected chi connectivity index (χ3v) is 4.86. The Balaban J connectivity index is 1.27. The van der Waals surface area contributed by atoms with Crippen molar-refractivity contribution in [2.24, 2.45) is 5.92 Å². The molecule has 5 nitrogen and oxygen atoms in total. The van der Waals surface area contributed by atoms with Crippen LogP contribution in [0.25, 0.3) is 11.3 Å². The molecule has 2 aromatic carbocycles. The lowest BCUT2D eigenvalue weighted by Crippen LogP contribution is -2.17. The quantitative estimate of drug-likeness (QED) is 0.636. The largest absolute Gasteiger partial charge is 0.494 e. The second-order valence-electron chi connectivity index (χ2n) is 6.76. The van der Waals surface area contributed by atoms with Crippen molar-refractivity contribution in [2.45, 2.75) is 19.3 Å². The average Bonchev–Trinajstić information content (AvgIpc) is 3.26. The van der Waals surface area contributed by atoms with E-state index in [4.69, 9.17) is 14.2 Å². The molecule has 1 aromatic heterocycles. The predicted octanol–water partition coefficient (Wildman–Crippen LogP) is 5.06. The number of hydrogen-bond donors (Lipinski definition) is 1. The van der Waals surface area contributed by atoms with E-state index in [0.717, 1.165) is 73.5 Å². The number of aromatic nitrogens is 2. The van der Waals surface area contributed by atoms with E-state index in [1.54, 1.807) is 6.20 Å². The highest BCUT2D eigenvalue weighted by Crippen LogP contribution is 2.26. The Bertz CT molecular complexity index is 808. The Hall–Kier alpha value is -2.79. The van der Waals surface area contributed by atoms with Crippen LogP contribution in [-0.2, 0) is 4.74 Å². The first-order valence-electron chi connectivity index (χ1n) is 9.45. The zero-order valence-corrected chi connectivity index (χ0v) is 15.3. The van der Waals surface area contributed by atoms with Gasteiger partial charge in [-0.2, -0.15) is 5.10 Å². The number of rotatable bonds is 7. The zero-order valence-electron chi connectivity index (χ0n) is 15.3. The topological polar surface area (TPSA) is 56.4 Å². The SMILES string of the molecule is c1cc(-c2ccc(Oc3ccc(OCCC4CCOCC4)cc3)cc2)[nH]n1. The van der Waals surface area contributed by atoms with Crippen LogP contribution in [0.2, 0.25) is 0 Å². The van der Waals surface area contributed by atoms with E-state index in [-0.39, 0.29) is 0 Å². The average molecular weight is 364 g/mol. The molecule has 1 fully saturated rings. The van der Waals surface area contributed by atoms with E-state index >= 15 is 0 Å². The van der Waals surface area contributed by atoms with E-state index in [0.29, 0.717) is 0 Å². The Morgan fingerprint density at radius 1 is 0.889 bits per heavy atom. The molecule has 0 bridgehead atoms. The normalized spacial score (nSPS) is 14.8. The molecule has 0 saturated carbocycles. The molecule has 1 saturated heterocycles. The van der Waals surface area contributed by atoms with Gasteiger partial charge in [-0.05, 0) is 85.3 Å². The molecule has 0 amide bonds. The van der Waals surface area contributed by atoms with E-state index in [2.05, 4.69) is 10.2 Å². The molecular weight excluding hydrogens is 340 g/mol. The standard InChI is InChI=1S/C22H24N2O3/c1-3-20(4-2-18(1)22-9-13-23-24-22)27-21-7-5-19(6-8-21)26-16-12-17-10-14-25-15-11-17/h1-9,13,17H,10-12,14-16H2,(H,23,24). The van der Waals surface area contributed by atoms with Gasteiger partial charge in [-0.1, -0.05) is 0 Å². The van der Waals surface area contributed by atoms with Crippen LogP contribution in [0.3, 0.4) is 0 Å². The minimum Gasteiger partial charge on any atom is -0.494 e. The molecule has 0 radical (unpaired) electrons. The minimum absolute atomic E-state index is 0.728. The lowest BCUT2D eigenvalue weighted by Gasteiger charge is -2.21. The van der Waals surface area contributed by atoms with Crippen LogP contribution in [0, 0.1) is 5.92 Å². The van der Waals surface area contributed by atoms with Crippen molar-refractivity contribution in [1.29, 1.82) is 0 Å². The first-order chi connectivity index (χ1) is 13.4. The van der Waals surface area contributed by atoms with E-state index in [1.807, 2.05) is 54.6 Å². The fourth-order valence-corrected chi connectivity index (χ4v) is 3.24. The summed E-state index contributed by atoms with van der Waals surface area (Å²) < 4.78 is 17.2. The van der Waals surface area contributed by atoms with Crippen molar-refractivity contribution in [3.63, 3.8) is 0 Å². The second-order valence-corrected chi connectivity index (χ2v) is 6.76. The van der Waals surface area contributed by atoms with Crippen LogP contribution in [-0.4, -0.2) is 30.0 Å². The van der Waals surface area contributed by atoms with Gasteiger partial charge < -0.3 is 14.2 Å². The molecule has 1 aliphatic rings. The molecule has 140 valence electrons. The Labute approximate surface area is 159 Å². The zero-order chi connectivity index (χ0) is 18.3. The monoisotopic (exact) mass is 364 g/mol. The maximum Gasteiger partial charge on any atom is 0.127 e. The lowest BCUT2D eigenvalue weighted by atomic mass is 9.97. The molecule has 1 aliphatic heterocycles. The molecule has 0 atom stereocenters. The molecule has 4 rings (SSSR count). The Kier molecular flexibility index (Phi) is 5.70. The van der Waals surface area contributed by atoms with Crippen LogP contribution in [0.1, 0.15) is 19.3 Å². The number of hydrogen-bond acceptors (Lipinski definition) is 4. The van der Waals surface area contributed by atoms with E-state index in [1.165, 1.54) is 0 Å². The van der Waals surface area contributed by atoms with Crippen LogP contribution in [0.4, 0.5) is 0 Å². The Morgan fingerprint density at radius 2 is 1.56 bits per heavy atom. The first-order valence-corrected chi connectivity index (χ1v) is 9.45. The van der Waals surface area contributed by atoms with Gasteiger partial charge in [0, 0.05) is 19.4 Å². The van der Waals surface area contributed by atoms with Gasteiger partial charge >= 0.3 is 0 Å². The van der Waals surface area contributed by atoms with Gasteiger partial charge in [0.25, 0.3) is 0 Å². The van der Waals surface area contributed by atoms with Gasteiger partial charge in [0.2, 0.25) is 0 Å². The molecular formula is C22H24N2O3. The number of aromatic amines is 1. The third-order valence-electron chi connectivity index (χ3n) is 4.86. The van der Waals surface area contributed by atoms with Gasteiger partial charge in [-0.15, -0.1) is 0 Å². The van der Waals surface area contributed by atoms with Gasteiger partial charge in [0.05, 0.1) is 12.3 Å². The summed E-state index contributed by atoms with van der Waals surface area (Å²) in [5.74, 6) is 3.20. The fraction of sp³-hybridized carbons (Fsp3) is 0.318. The molecule has 0 spiro atoms. The Morgan fingerprint density at radius 3 is 2.22 bits per heavy atom. The molecule has 0 unspecified atom stereocenters. The van der Waals surface area contributed by atoms with Crippen molar-refractivity contribution >= 4 is 0 Å². The minimum atomic E-state index is 0.728. The number of benzene rings is 2. The molecule has 0 aliphatic carbocycles. The molecule has 27 heavy (non-hydrogen) atoms. The summed E-state index contributed by atoms with van der Waals surface area (Å²) in [6.45, 7) is 2.53. The highest BCUT2D eigenvalue weighted by molar-refractivity contribution is 5.59. The summed E-state index contributed by atoms with van der Waals surface area (Å²) in [6.07, 6.45) is 5.13. The van der Waals surface area contributed by atoms with Crippen molar-refractivity contribution in [1.82, 2.24) is 10.2 Å². The molecule has 2 heterocycles. The highest BCUT2D eigenvalue weighted by Gasteiger charge is 2.13. The van der Waals surface area contributed by atoms with Gasteiger partial charge in [-0.3, -0.25) is 5.10 Å². The summed E-state index contributed by atoms with van der Waals surface area (Å²) in [5.41, 5.74) is 2.07. The van der Waals surface area contributed by atoms with Crippen molar-refractivity contribution in [2.75, 3.05) is 19.8 Å².